The molecule has 1 unspecified atom stereocenters. The normalized spacial score (nSPS) is 13.2. The van der Waals surface area contributed by atoms with Crippen molar-refractivity contribution in [2.24, 2.45) is 5.14 Å². The first kappa shape index (κ1) is 14.6. The number of aryl methyl sites for hydroxylation is 1. The van der Waals surface area contributed by atoms with Crippen LogP contribution in [0.5, 0.6) is 0 Å². The summed E-state index contributed by atoms with van der Waals surface area (Å²) in [6.45, 7) is 3.93. The Morgan fingerprint density at radius 1 is 1.35 bits per heavy atom. The summed E-state index contributed by atoms with van der Waals surface area (Å²) < 4.78 is 28.2. The highest BCUT2D eigenvalue weighted by atomic mass is 32.2. The molecule has 0 aliphatic rings. The Bertz CT molecular complexity index is 678. The zero-order chi connectivity index (χ0) is 14.8. The van der Waals surface area contributed by atoms with E-state index in [1.807, 2.05) is 26.0 Å². The lowest BCUT2D eigenvalue weighted by Gasteiger charge is -2.18. The highest BCUT2D eigenvalue weighted by molar-refractivity contribution is 7.89. The van der Waals surface area contributed by atoms with Crippen LogP contribution in [0.3, 0.4) is 0 Å². The molecular formula is C14H18N2O3S. The molecule has 0 amide bonds. The molecule has 0 bridgehead atoms. The maximum Gasteiger partial charge on any atom is 0.238 e. The fourth-order valence-corrected chi connectivity index (χ4v) is 2.53. The number of benzene rings is 1. The molecule has 108 valence electrons. The molecule has 0 saturated carbocycles. The second kappa shape index (κ2) is 5.68. The van der Waals surface area contributed by atoms with E-state index in [-0.39, 0.29) is 10.9 Å². The number of nitrogens with two attached hydrogens (primary N) is 1. The van der Waals surface area contributed by atoms with E-state index < -0.39 is 10.0 Å². The summed E-state index contributed by atoms with van der Waals surface area (Å²) in [5.41, 5.74) is 1.68. The maximum absolute atomic E-state index is 11.4. The van der Waals surface area contributed by atoms with Crippen molar-refractivity contribution in [1.29, 1.82) is 0 Å². The van der Waals surface area contributed by atoms with Crippen LogP contribution in [0.25, 0.3) is 0 Å². The molecule has 1 aromatic heterocycles. The van der Waals surface area contributed by atoms with Gasteiger partial charge in [-0.05, 0) is 43.2 Å². The van der Waals surface area contributed by atoms with Crippen molar-refractivity contribution < 1.29 is 12.8 Å². The molecule has 0 aliphatic carbocycles. The van der Waals surface area contributed by atoms with Gasteiger partial charge in [0.1, 0.15) is 5.76 Å². The predicted molar refractivity (Wildman–Crippen MR) is 77.9 cm³/mol. The van der Waals surface area contributed by atoms with E-state index >= 15 is 0 Å². The third-order valence-corrected chi connectivity index (χ3v) is 4.07. The molecule has 5 nitrogen and oxygen atoms in total. The predicted octanol–water partition coefficient (Wildman–Crippen LogP) is 2.80. The first-order chi connectivity index (χ1) is 9.41. The first-order valence-corrected chi connectivity index (χ1v) is 7.90. The summed E-state index contributed by atoms with van der Waals surface area (Å²) in [7, 11) is -3.70. The molecule has 1 atom stereocenters. The second-order valence-electron chi connectivity index (χ2n) is 4.64. The standard InChI is InChI=1S/C14H18N2O3S/c1-3-12(14-5-4-8-19-14)16-13-9-11(20(15,17)18)7-6-10(13)2/h4-9,12,16H,3H2,1-2H3,(H2,15,17,18). The summed E-state index contributed by atoms with van der Waals surface area (Å²) in [4.78, 5) is 0.0971. The number of hydrogen-bond donors (Lipinski definition) is 2. The SMILES string of the molecule is CCC(Nc1cc(S(N)(=O)=O)ccc1C)c1ccco1. The number of anilines is 1. The zero-order valence-corrected chi connectivity index (χ0v) is 12.3. The van der Waals surface area contributed by atoms with Gasteiger partial charge in [-0.25, -0.2) is 13.6 Å². The van der Waals surface area contributed by atoms with Crippen molar-refractivity contribution in [3.63, 3.8) is 0 Å². The molecule has 1 heterocycles. The van der Waals surface area contributed by atoms with Crippen LogP contribution in [-0.2, 0) is 10.0 Å². The summed E-state index contributed by atoms with van der Waals surface area (Å²) in [6.07, 6.45) is 2.43. The Morgan fingerprint density at radius 2 is 2.10 bits per heavy atom. The number of sulfonamides is 1. The Balaban J connectivity index is 2.33. The molecule has 3 N–H and O–H groups in total. The monoisotopic (exact) mass is 294 g/mol. The lowest BCUT2D eigenvalue weighted by atomic mass is 10.1. The number of primary sulfonamides is 1. The zero-order valence-electron chi connectivity index (χ0n) is 11.5. The number of hydrogen-bond acceptors (Lipinski definition) is 4. The topological polar surface area (TPSA) is 85.3 Å². The minimum Gasteiger partial charge on any atom is -0.467 e. The molecule has 2 aromatic rings. The second-order valence-corrected chi connectivity index (χ2v) is 6.20. The van der Waals surface area contributed by atoms with Crippen molar-refractivity contribution >= 4 is 15.7 Å². The number of rotatable bonds is 5. The molecule has 6 heteroatoms. The maximum atomic E-state index is 11.4. The van der Waals surface area contributed by atoms with Crippen molar-refractivity contribution in [3.8, 4) is 0 Å². The van der Waals surface area contributed by atoms with Crippen molar-refractivity contribution in [2.75, 3.05) is 5.32 Å². The quantitative estimate of drug-likeness (QED) is 0.888. The molecule has 0 saturated heterocycles. The molecule has 1 aromatic carbocycles. The molecular weight excluding hydrogens is 276 g/mol. The van der Waals surface area contributed by atoms with Gasteiger partial charge in [-0.3, -0.25) is 0 Å². The van der Waals surface area contributed by atoms with Crippen LogP contribution in [0, 0.1) is 6.92 Å². The third kappa shape index (κ3) is 3.20. The highest BCUT2D eigenvalue weighted by Gasteiger charge is 2.15. The minimum absolute atomic E-state index is 0.0144. The van der Waals surface area contributed by atoms with Crippen LogP contribution in [0.4, 0.5) is 5.69 Å². The highest BCUT2D eigenvalue weighted by Crippen LogP contribution is 2.26. The van der Waals surface area contributed by atoms with Crippen LogP contribution in [0.15, 0.2) is 45.9 Å². The molecule has 2 rings (SSSR count). The Kier molecular flexibility index (Phi) is 4.15. The molecule has 0 aliphatic heterocycles. The summed E-state index contributed by atoms with van der Waals surface area (Å²) in [5.74, 6) is 0.813. The van der Waals surface area contributed by atoms with Crippen LogP contribution in [0.2, 0.25) is 0 Å². The largest absolute Gasteiger partial charge is 0.467 e. The number of furan rings is 1. The molecule has 20 heavy (non-hydrogen) atoms. The van der Waals surface area contributed by atoms with Gasteiger partial charge in [0, 0.05) is 5.69 Å². The third-order valence-electron chi connectivity index (χ3n) is 3.16. The van der Waals surface area contributed by atoms with Crippen LogP contribution in [0.1, 0.15) is 30.7 Å². The van der Waals surface area contributed by atoms with Gasteiger partial charge in [0.05, 0.1) is 17.2 Å². The van der Waals surface area contributed by atoms with Crippen LogP contribution in [-0.4, -0.2) is 8.42 Å². The van der Waals surface area contributed by atoms with Gasteiger partial charge in [-0.15, -0.1) is 0 Å². The van der Waals surface area contributed by atoms with Gasteiger partial charge in [0.25, 0.3) is 0 Å². The van der Waals surface area contributed by atoms with Crippen molar-refractivity contribution in [1.82, 2.24) is 0 Å². The van der Waals surface area contributed by atoms with E-state index in [9.17, 15) is 8.42 Å². The minimum atomic E-state index is -3.70. The van der Waals surface area contributed by atoms with Gasteiger partial charge >= 0.3 is 0 Å². The van der Waals surface area contributed by atoms with Gasteiger partial charge < -0.3 is 9.73 Å². The number of nitrogens with one attached hydrogen (secondary N) is 1. The summed E-state index contributed by atoms with van der Waals surface area (Å²) in [6, 6.07) is 8.49. The van der Waals surface area contributed by atoms with Crippen molar-refractivity contribution in [2.45, 2.75) is 31.2 Å². The molecule has 0 spiro atoms. The van der Waals surface area contributed by atoms with E-state index in [2.05, 4.69) is 5.32 Å². The van der Waals surface area contributed by atoms with Crippen LogP contribution < -0.4 is 10.5 Å². The molecule has 0 fully saturated rings. The summed E-state index contributed by atoms with van der Waals surface area (Å²) >= 11 is 0. The van der Waals surface area contributed by atoms with E-state index in [0.29, 0.717) is 0 Å². The van der Waals surface area contributed by atoms with Gasteiger partial charge in [0.15, 0.2) is 0 Å². The average molecular weight is 294 g/mol. The summed E-state index contributed by atoms with van der Waals surface area (Å²) in [5, 5.41) is 8.46. The van der Waals surface area contributed by atoms with Crippen molar-refractivity contribution in [3.05, 3.63) is 47.9 Å². The van der Waals surface area contributed by atoms with E-state index in [0.717, 1.165) is 23.4 Å². The first-order valence-electron chi connectivity index (χ1n) is 6.35. The Hall–Kier alpha value is -1.79. The van der Waals surface area contributed by atoms with E-state index in [1.54, 1.807) is 18.4 Å². The molecule has 0 radical (unpaired) electrons. The lowest BCUT2D eigenvalue weighted by molar-refractivity contribution is 0.474. The fraction of sp³-hybridized carbons (Fsp3) is 0.286. The van der Waals surface area contributed by atoms with E-state index in [1.165, 1.54) is 6.07 Å². The smallest absolute Gasteiger partial charge is 0.238 e. The van der Waals surface area contributed by atoms with E-state index in [4.69, 9.17) is 9.56 Å². The van der Waals surface area contributed by atoms with Gasteiger partial charge in [-0.1, -0.05) is 13.0 Å². The van der Waals surface area contributed by atoms with Gasteiger partial charge in [0.2, 0.25) is 10.0 Å². The average Bonchev–Trinajstić information content (AvgIpc) is 2.90. The van der Waals surface area contributed by atoms with Gasteiger partial charge in [-0.2, -0.15) is 0 Å². The fourth-order valence-electron chi connectivity index (χ4n) is 1.99. The van der Waals surface area contributed by atoms with Crippen LogP contribution >= 0.6 is 0 Å². The lowest BCUT2D eigenvalue weighted by Crippen LogP contribution is -2.14. The Morgan fingerprint density at radius 3 is 2.65 bits per heavy atom. The Labute approximate surface area is 118 Å².